The minimum atomic E-state index is -4.50. The topological polar surface area (TPSA) is 84.2 Å². The second-order valence-corrected chi connectivity index (χ2v) is 6.85. The molecule has 2 aromatic carbocycles. The number of nitrogens with two attached hydrogens (primary N) is 1. The maximum atomic E-state index is 12.8. The van der Waals surface area contributed by atoms with Crippen molar-refractivity contribution in [3.05, 3.63) is 77.9 Å². The predicted octanol–water partition coefficient (Wildman–Crippen LogP) is 3.66. The summed E-state index contributed by atoms with van der Waals surface area (Å²) in [5.41, 5.74) is 5.84. The molecule has 0 aromatic heterocycles. The maximum Gasteiger partial charge on any atom is 0.416 e. The predicted molar refractivity (Wildman–Crippen MR) is 110 cm³/mol. The van der Waals surface area contributed by atoms with Crippen molar-refractivity contribution in [1.82, 2.24) is 5.32 Å². The highest BCUT2D eigenvalue weighted by Gasteiger charge is 2.30. The quantitative estimate of drug-likeness (QED) is 0.571. The zero-order valence-corrected chi connectivity index (χ0v) is 16.4. The first-order valence-electron chi connectivity index (χ1n) is 9.41. The number of hydrogen-bond acceptors (Lipinski definition) is 3. The van der Waals surface area contributed by atoms with E-state index in [1.54, 1.807) is 6.92 Å². The Kier molecular flexibility index (Phi) is 8.17. The number of anilines is 1. The molecule has 0 bridgehead atoms. The molecular weight excluding hydrogens is 395 g/mol. The summed E-state index contributed by atoms with van der Waals surface area (Å²) < 4.78 is 38.4. The molecule has 0 aliphatic carbocycles. The van der Waals surface area contributed by atoms with Crippen LogP contribution in [0.1, 0.15) is 24.5 Å². The second-order valence-electron chi connectivity index (χ2n) is 6.85. The Morgan fingerprint density at radius 2 is 1.80 bits per heavy atom. The van der Waals surface area contributed by atoms with Gasteiger partial charge in [0, 0.05) is 17.8 Å². The molecule has 30 heavy (non-hydrogen) atoms. The molecular formula is C22H24F3N3O2. The fourth-order valence-corrected chi connectivity index (χ4v) is 2.66. The highest BCUT2D eigenvalue weighted by atomic mass is 19.4. The molecule has 0 radical (unpaired) electrons. The van der Waals surface area contributed by atoms with Gasteiger partial charge >= 0.3 is 6.18 Å². The normalized spacial score (nSPS) is 13.6. The van der Waals surface area contributed by atoms with Gasteiger partial charge in [-0.3, -0.25) is 9.59 Å². The van der Waals surface area contributed by atoms with Gasteiger partial charge < -0.3 is 16.4 Å². The van der Waals surface area contributed by atoms with Crippen LogP contribution >= 0.6 is 0 Å². The van der Waals surface area contributed by atoms with Crippen LogP contribution in [-0.2, 0) is 22.2 Å². The lowest BCUT2D eigenvalue weighted by Crippen LogP contribution is -2.43. The molecule has 0 fully saturated rings. The van der Waals surface area contributed by atoms with Gasteiger partial charge in [0.15, 0.2) is 0 Å². The van der Waals surface area contributed by atoms with Gasteiger partial charge in [-0.2, -0.15) is 13.2 Å². The van der Waals surface area contributed by atoms with E-state index in [-0.39, 0.29) is 11.6 Å². The molecule has 4 N–H and O–H groups in total. The molecule has 0 saturated heterocycles. The van der Waals surface area contributed by atoms with Crippen LogP contribution in [0.4, 0.5) is 18.9 Å². The van der Waals surface area contributed by atoms with Crippen LogP contribution < -0.4 is 16.4 Å². The van der Waals surface area contributed by atoms with Crippen molar-refractivity contribution in [2.45, 2.75) is 38.0 Å². The van der Waals surface area contributed by atoms with Crippen molar-refractivity contribution < 1.29 is 22.8 Å². The lowest BCUT2D eigenvalue weighted by atomic mass is 10.0. The van der Waals surface area contributed by atoms with Gasteiger partial charge in [-0.15, -0.1) is 0 Å². The summed E-state index contributed by atoms with van der Waals surface area (Å²) in [5, 5.41) is 5.15. The first-order chi connectivity index (χ1) is 14.1. The summed E-state index contributed by atoms with van der Waals surface area (Å²) in [6, 6.07) is 12.8. The fraction of sp³-hybridized carbons (Fsp3) is 0.273. The van der Waals surface area contributed by atoms with Crippen LogP contribution in [0.5, 0.6) is 0 Å². The van der Waals surface area contributed by atoms with Gasteiger partial charge in [-0.1, -0.05) is 42.5 Å². The summed E-state index contributed by atoms with van der Waals surface area (Å²) >= 11 is 0. The SMILES string of the molecule is C[C@H](N)C(=O)N[C@H](C=CC(=O)Nc1cccc(C(F)(F)F)c1)CCc1ccccc1. The van der Waals surface area contributed by atoms with Gasteiger partial charge in [0.2, 0.25) is 11.8 Å². The molecule has 8 heteroatoms. The van der Waals surface area contributed by atoms with Crippen molar-refractivity contribution in [2.75, 3.05) is 5.32 Å². The molecule has 0 aliphatic rings. The molecule has 0 heterocycles. The van der Waals surface area contributed by atoms with Crippen LogP contribution in [0.2, 0.25) is 0 Å². The van der Waals surface area contributed by atoms with Crippen molar-refractivity contribution in [2.24, 2.45) is 5.73 Å². The molecule has 160 valence electrons. The Balaban J connectivity index is 2.03. The molecule has 2 amide bonds. The van der Waals surface area contributed by atoms with E-state index in [4.69, 9.17) is 5.73 Å². The van der Waals surface area contributed by atoms with E-state index in [0.29, 0.717) is 12.8 Å². The average Bonchev–Trinajstić information content (AvgIpc) is 2.70. The van der Waals surface area contributed by atoms with E-state index in [1.807, 2.05) is 30.3 Å². The average molecular weight is 419 g/mol. The van der Waals surface area contributed by atoms with E-state index in [9.17, 15) is 22.8 Å². The standard InChI is InChI=1S/C22H24F3N3O2/c1-15(26)21(30)28-18(11-10-16-6-3-2-4-7-16)12-13-20(29)27-19-9-5-8-17(14-19)22(23,24)25/h2-9,12-15,18H,10-11,26H2,1H3,(H,27,29)(H,28,30)/t15-,18-/m0/s1. The van der Waals surface area contributed by atoms with E-state index in [1.165, 1.54) is 24.3 Å². The van der Waals surface area contributed by atoms with Gasteiger partial charge in [-0.25, -0.2) is 0 Å². The number of benzene rings is 2. The van der Waals surface area contributed by atoms with Crippen molar-refractivity contribution in [3.8, 4) is 0 Å². The number of nitrogens with one attached hydrogen (secondary N) is 2. The van der Waals surface area contributed by atoms with E-state index in [0.717, 1.165) is 17.7 Å². The highest BCUT2D eigenvalue weighted by Crippen LogP contribution is 2.30. The van der Waals surface area contributed by atoms with E-state index >= 15 is 0 Å². The number of alkyl halides is 3. The van der Waals surface area contributed by atoms with Crippen LogP contribution in [0.3, 0.4) is 0 Å². The zero-order valence-electron chi connectivity index (χ0n) is 16.4. The lowest BCUT2D eigenvalue weighted by Gasteiger charge is -2.17. The minimum absolute atomic E-state index is 0.0277. The third-order valence-electron chi connectivity index (χ3n) is 4.27. The van der Waals surface area contributed by atoms with E-state index < -0.39 is 29.7 Å². The number of amides is 2. The second kappa shape index (κ2) is 10.6. The summed E-state index contributed by atoms with van der Waals surface area (Å²) in [4.78, 5) is 24.1. The summed E-state index contributed by atoms with van der Waals surface area (Å²) in [6.45, 7) is 1.55. The minimum Gasteiger partial charge on any atom is -0.349 e. The molecule has 0 aliphatic heterocycles. The van der Waals surface area contributed by atoms with E-state index in [2.05, 4.69) is 10.6 Å². The zero-order chi connectivity index (χ0) is 22.1. The van der Waals surface area contributed by atoms with Crippen LogP contribution in [-0.4, -0.2) is 23.9 Å². The highest BCUT2D eigenvalue weighted by molar-refractivity contribution is 5.99. The van der Waals surface area contributed by atoms with Gasteiger partial charge in [0.1, 0.15) is 0 Å². The van der Waals surface area contributed by atoms with Crippen molar-refractivity contribution in [1.29, 1.82) is 0 Å². The third kappa shape index (κ3) is 7.71. The molecule has 0 saturated carbocycles. The fourth-order valence-electron chi connectivity index (χ4n) is 2.66. The van der Waals surface area contributed by atoms with Crippen LogP contribution in [0.25, 0.3) is 0 Å². The number of carbonyl (C=O) groups excluding carboxylic acids is 2. The number of carbonyl (C=O) groups is 2. The Bertz CT molecular complexity index is 881. The molecule has 2 atom stereocenters. The molecule has 0 spiro atoms. The summed E-state index contributed by atoms with van der Waals surface area (Å²) in [6.07, 6.45) is -0.619. The number of aryl methyl sites for hydroxylation is 1. The van der Waals surface area contributed by atoms with Gasteiger partial charge in [0.05, 0.1) is 11.6 Å². The summed E-state index contributed by atoms with van der Waals surface area (Å²) in [5.74, 6) is -0.968. The first-order valence-corrected chi connectivity index (χ1v) is 9.41. The number of halogens is 3. The lowest BCUT2D eigenvalue weighted by molar-refractivity contribution is -0.137. The Labute approximate surface area is 173 Å². The van der Waals surface area contributed by atoms with Crippen LogP contribution in [0, 0.1) is 0 Å². The monoisotopic (exact) mass is 419 g/mol. The smallest absolute Gasteiger partial charge is 0.349 e. The number of rotatable bonds is 8. The maximum absolute atomic E-state index is 12.8. The largest absolute Gasteiger partial charge is 0.416 e. The van der Waals surface area contributed by atoms with Gasteiger partial charge in [0.25, 0.3) is 0 Å². The third-order valence-corrected chi connectivity index (χ3v) is 4.27. The van der Waals surface area contributed by atoms with Gasteiger partial charge in [-0.05, 0) is 43.5 Å². The number of hydrogen-bond donors (Lipinski definition) is 3. The summed E-state index contributed by atoms with van der Waals surface area (Å²) in [7, 11) is 0. The Morgan fingerprint density at radius 3 is 2.43 bits per heavy atom. The Morgan fingerprint density at radius 1 is 1.10 bits per heavy atom. The first kappa shape index (κ1) is 23.2. The molecule has 2 aromatic rings. The van der Waals surface area contributed by atoms with Crippen molar-refractivity contribution >= 4 is 17.5 Å². The van der Waals surface area contributed by atoms with Crippen LogP contribution in [0.15, 0.2) is 66.7 Å². The Hall–Kier alpha value is -3.13. The molecule has 0 unspecified atom stereocenters. The molecule has 5 nitrogen and oxygen atoms in total. The van der Waals surface area contributed by atoms with Crippen molar-refractivity contribution in [3.63, 3.8) is 0 Å². The molecule has 2 rings (SSSR count).